The Bertz CT molecular complexity index is 400. The second-order valence-corrected chi connectivity index (χ2v) is 4.82. The highest BCUT2D eigenvalue weighted by molar-refractivity contribution is 5.29. The Balaban J connectivity index is 2.18. The third kappa shape index (κ3) is 2.89. The van der Waals surface area contributed by atoms with Crippen LogP contribution in [0.25, 0.3) is 0 Å². The Morgan fingerprint density at radius 1 is 1.47 bits per heavy atom. The molecule has 1 aromatic heterocycles. The fourth-order valence-corrected chi connectivity index (χ4v) is 2.62. The quantitative estimate of drug-likeness (QED) is 0.809. The average molecular weight is 231 g/mol. The molecule has 1 N–H and O–H groups in total. The van der Waals surface area contributed by atoms with E-state index >= 15 is 0 Å². The molecule has 0 radical (unpaired) electrons. The van der Waals surface area contributed by atoms with Gasteiger partial charge in [-0.25, -0.2) is 0 Å². The molecule has 17 heavy (non-hydrogen) atoms. The van der Waals surface area contributed by atoms with Crippen molar-refractivity contribution in [2.75, 3.05) is 6.54 Å². The molecule has 0 spiro atoms. The van der Waals surface area contributed by atoms with Gasteiger partial charge in [0, 0.05) is 18.4 Å². The molecule has 0 bridgehead atoms. The van der Waals surface area contributed by atoms with E-state index in [1.165, 1.54) is 36.8 Å². The predicted molar refractivity (Wildman–Crippen MR) is 68.6 cm³/mol. The number of hydrogen-bond donors (Lipinski definition) is 1. The summed E-state index contributed by atoms with van der Waals surface area (Å²) in [7, 11) is 0. The van der Waals surface area contributed by atoms with Crippen LogP contribution in [0.15, 0.2) is 12.4 Å². The molecule has 1 aliphatic carbocycles. The molecule has 0 saturated carbocycles. The molecule has 0 aliphatic heterocycles. The Hall–Kier alpha value is -1.27. The van der Waals surface area contributed by atoms with Crippen molar-refractivity contribution in [2.45, 2.75) is 51.6 Å². The van der Waals surface area contributed by atoms with Crippen LogP contribution in [-0.4, -0.2) is 11.1 Å². The summed E-state index contributed by atoms with van der Waals surface area (Å²) >= 11 is 0. The molecule has 0 amide bonds. The number of nitriles is 1. The summed E-state index contributed by atoms with van der Waals surface area (Å²) in [6.45, 7) is 3.74. The van der Waals surface area contributed by atoms with E-state index in [4.69, 9.17) is 5.26 Å². The van der Waals surface area contributed by atoms with Gasteiger partial charge in [-0.2, -0.15) is 5.26 Å². The zero-order valence-corrected chi connectivity index (χ0v) is 10.6. The summed E-state index contributed by atoms with van der Waals surface area (Å²) in [6, 6.07) is 2.70. The van der Waals surface area contributed by atoms with E-state index in [1.54, 1.807) is 0 Å². The first-order valence-electron chi connectivity index (χ1n) is 6.64. The molecule has 1 atom stereocenters. The lowest BCUT2D eigenvalue weighted by Gasteiger charge is -2.16. The number of aromatic nitrogens is 1. The van der Waals surface area contributed by atoms with Gasteiger partial charge in [-0.1, -0.05) is 13.3 Å². The summed E-state index contributed by atoms with van der Waals surface area (Å²) in [5.74, 6) is 0. The maximum atomic E-state index is 8.76. The van der Waals surface area contributed by atoms with Crippen LogP contribution < -0.4 is 5.32 Å². The minimum atomic E-state index is 0.466. The minimum absolute atomic E-state index is 0.466. The van der Waals surface area contributed by atoms with Crippen molar-refractivity contribution in [1.82, 2.24) is 9.88 Å². The summed E-state index contributed by atoms with van der Waals surface area (Å²) in [5.41, 5.74) is 2.86. The van der Waals surface area contributed by atoms with E-state index in [0.717, 1.165) is 13.0 Å². The number of rotatable bonds is 4. The molecule has 1 unspecified atom stereocenters. The number of fused-ring (bicyclic) bond motifs is 1. The van der Waals surface area contributed by atoms with E-state index in [2.05, 4.69) is 30.7 Å². The van der Waals surface area contributed by atoms with Gasteiger partial charge >= 0.3 is 0 Å². The van der Waals surface area contributed by atoms with Crippen molar-refractivity contribution in [3.63, 3.8) is 0 Å². The van der Waals surface area contributed by atoms with Gasteiger partial charge in [0.05, 0.1) is 6.07 Å². The molecule has 0 saturated heterocycles. The molecular weight excluding hydrogens is 210 g/mol. The zero-order chi connectivity index (χ0) is 12.1. The van der Waals surface area contributed by atoms with E-state index in [1.807, 2.05) is 4.57 Å². The normalized spacial score (nSPS) is 19.4. The van der Waals surface area contributed by atoms with Crippen molar-refractivity contribution >= 4 is 0 Å². The number of nitrogens with zero attached hydrogens (tertiary/aromatic N) is 2. The fraction of sp³-hybridized carbons (Fsp3) is 0.643. The summed E-state index contributed by atoms with van der Waals surface area (Å²) in [5, 5.41) is 12.4. The lowest BCUT2D eigenvalue weighted by Crippen LogP contribution is -2.21. The first kappa shape index (κ1) is 12.2. The predicted octanol–water partition coefficient (Wildman–Crippen LogP) is 2.78. The van der Waals surface area contributed by atoms with Gasteiger partial charge in [0.2, 0.25) is 0 Å². The van der Waals surface area contributed by atoms with Crippen LogP contribution in [0.4, 0.5) is 0 Å². The molecule has 1 aromatic rings. The van der Waals surface area contributed by atoms with Crippen LogP contribution in [-0.2, 0) is 13.0 Å². The molecular formula is C14H21N3. The molecule has 2 rings (SSSR count). The van der Waals surface area contributed by atoms with Gasteiger partial charge in [0.15, 0.2) is 0 Å². The zero-order valence-electron chi connectivity index (χ0n) is 10.6. The van der Waals surface area contributed by atoms with Crippen LogP contribution in [0.2, 0.25) is 0 Å². The molecule has 0 aromatic carbocycles. The maximum absolute atomic E-state index is 8.76. The molecule has 0 fully saturated rings. The standard InChI is InChI=1S/C14H21N3/c1-2-8-16-14-6-4-3-5-12-10-17(9-7-15)11-13(12)14/h10-11,14,16H,2-6,8-9H2,1H3. The van der Waals surface area contributed by atoms with Gasteiger partial charge < -0.3 is 9.88 Å². The van der Waals surface area contributed by atoms with Crippen molar-refractivity contribution < 1.29 is 0 Å². The first-order valence-corrected chi connectivity index (χ1v) is 6.64. The highest BCUT2D eigenvalue weighted by Gasteiger charge is 2.19. The Morgan fingerprint density at radius 3 is 3.12 bits per heavy atom. The van der Waals surface area contributed by atoms with Crippen LogP contribution in [0.1, 0.15) is 49.8 Å². The lowest BCUT2D eigenvalue weighted by atomic mass is 10.0. The SMILES string of the molecule is CCCNC1CCCCc2cn(CC#N)cc21. The van der Waals surface area contributed by atoms with Gasteiger partial charge in [0.1, 0.15) is 6.54 Å². The van der Waals surface area contributed by atoms with Crippen molar-refractivity contribution in [2.24, 2.45) is 0 Å². The number of hydrogen-bond acceptors (Lipinski definition) is 2. The number of nitrogens with one attached hydrogen (secondary N) is 1. The topological polar surface area (TPSA) is 40.8 Å². The van der Waals surface area contributed by atoms with E-state index in [0.29, 0.717) is 12.6 Å². The van der Waals surface area contributed by atoms with Gasteiger partial charge in [0.25, 0.3) is 0 Å². The monoisotopic (exact) mass is 231 g/mol. The molecule has 3 nitrogen and oxygen atoms in total. The Kier molecular flexibility index (Phi) is 4.22. The summed E-state index contributed by atoms with van der Waals surface area (Å²) < 4.78 is 2.02. The van der Waals surface area contributed by atoms with Crippen LogP contribution in [0.3, 0.4) is 0 Å². The third-order valence-corrected chi connectivity index (χ3v) is 3.46. The highest BCUT2D eigenvalue weighted by atomic mass is 15.0. The van der Waals surface area contributed by atoms with Gasteiger partial charge in [-0.3, -0.25) is 0 Å². The molecule has 92 valence electrons. The van der Waals surface area contributed by atoms with Crippen molar-refractivity contribution in [1.29, 1.82) is 5.26 Å². The second kappa shape index (κ2) is 5.88. The van der Waals surface area contributed by atoms with Gasteiger partial charge in [-0.05, 0) is 43.4 Å². The average Bonchev–Trinajstić information content (AvgIpc) is 2.63. The maximum Gasteiger partial charge on any atom is 0.109 e. The van der Waals surface area contributed by atoms with Crippen LogP contribution in [0.5, 0.6) is 0 Å². The lowest BCUT2D eigenvalue weighted by molar-refractivity contribution is 0.488. The largest absolute Gasteiger partial charge is 0.340 e. The number of aryl methyl sites for hydroxylation is 1. The van der Waals surface area contributed by atoms with E-state index < -0.39 is 0 Å². The first-order chi connectivity index (χ1) is 8.35. The fourth-order valence-electron chi connectivity index (χ4n) is 2.62. The summed E-state index contributed by atoms with van der Waals surface area (Å²) in [6.07, 6.45) is 10.5. The molecule has 3 heteroatoms. The van der Waals surface area contributed by atoms with Crippen LogP contribution >= 0.6 is 0 Å². The van der Waals surface area contributed by atoms with E-state index in [9.17, 15) is 0 Å². The summed E-state index contributed by atoms with van der Waals surface area (Å²) in [4.78, 5) is 0. The van der Waals surface area contributed by atoms with Crippen molar-refractivity contribution in [3.8, 4) is 6.07 Å². The van der Waals surface area contributed by atoms with Crippen molar-refractivity contribution in [3.05, 3.63) is 23.5 Å². The van der Waals surface area contributed by atoms with Gasteiger partial charge in [-0.15, -0.1) is 0 Å². The highest BCUT2D eigenvalue weighted by Crippen LogP contribution is 2.29. The smallest absolute Gasteiger partial charge is 0.109 e. The van der Waals surface area contributed by atoms with E-state index in [-0.39, 0.29) is 0 Å². The molecule has 1 aliphatic rings. The third-order valence-electron chi connectivity index (χ3n) is 3.46. The molecule has 1 heterocycles. The second-order valence-electron chi connectivity index (χ2n) is 4.82. The Morgan fingerprint density at radius 2 is 2.35 bits per heavy atom. The minimum Gasteiger partial charge on any atom is -0.340 e. The Labute approximate surface area is 103 Å². The van der Waals surface area contributed by atoms with Crippen LogP contribution in [0, 0.1) is 11.3 Å².